The summed E-state index contributed by atoms with van der Waals surface area (Å²) in [7, 11) is 0. The predicted octanol–water partition coefficient (Wildman–Crippen LogP) is 2.85. The largest absolute Gasteiger partial charge is 0.345 e. The van der Waals surface area contributed by atoms with Gasteiger partial charge >= 0.3 is 0 Å². The second kappa shape index (κ2) is 5.23. The van der Waals surface area contributed by atoms with Gasteiger partial charge in [0.1, 0.15) is 0 Å². The number of benzene rings is 1. The normalized spacial score (nSPS) is 15.8. The van der Waals surface area contributed by atoms with Gasteiger partial charge in [0, 0.05) is 42.3 Å². The Balaban J connectivity index is 2.15. The first kappa shape index (κ1) is 13.7. The predicted molar refractivity (Wildman–Crippen MR) is 84.9 cm³/mol. The lowest BCUT2D eigenvalue weighted by molar-refractivity contribution is 0.661. The van der Waals surface area contributed by atoms with Crippen LogP contribution in [-0.4, -0.2) is 10.6 Å². The molecule has 1 aliphatic heterocycles. The fraction of sp³-hybridized carbons (Fsp3) is 0.529. The molecule has 1 aromatic heterocycles. The van der Waals surface area contributed by atoms with E-state index in [0.29, 0.717) is 0 Å². The summed E-state index contributed by atoms with van der Waals surface area (Å²) in [5.41, 5.74) is 13.2. The van der Waals surface area contributed by atoms with Gasteiger partial charge in [0.2, 0.25) is 0 Å². The van der Waals surface area contributed by atoms with Crippen LogP contribution in [0.4, 0.5) is 0 Å². The monoisotopic (exact) mass is 271 g/mol. The molecular formula is C17H25N3. The zero-order valence-electron chi connectivity index (χ0n) is 12.8. The van der Waals surface area contributed by atoms with E-state index in [1.54, 1.807) is 0 Å². The van der Waals surface area contributed by atoms with Gasteiger partial charge in [-0.15, -0.1) is 0 Å². The minimum atomic E-state index is 0.269. The van der Waals surface area contributed by atoms with E-state index in [4.69, 9.17) is 5.73 Å². The summed E-state index contributed by atoms with van der Waals surface area (Å²) >= 11 is 0. The molecule has 3 nitrogen and oxygen atoms in total. The smallest absolute Gasteiger partial charge is 0.0488 e. The molecule has 1 aromatic carbocycles. The maximum absolute atomic E-state index is 5.95. The summed E-state index contributed by atoms with van der Waals surface area (Å²) in [6.07, 6.45) is 2.14. The number of fused-ring (bicyclic) bond motifs is 2. The van der Waals surface area contributed by atoms with Crippen LogP contribution in [0.15, 0.2) is 12.1 Å². The summed E-state index contributed by atoms with van der Waals surface area (Å²) in [6.45, 7) is 9.63. The van der Waals surface area contributed by atoms with Gasteiger partial charge < -0.3 is 15.6 Å². The van der Waals surface area contributed by atoms with Crippen LogP contribution in [-0.2, 0) is 26.1 Å². The quantitative estimate of drug-likeness (QED) is 0.898. The Kier molecular flexibility index (Phi) is 3.57. The van der Waals surface area contributed by atoms with Crippen LogP contribution < -0.4 is 11.1 Å². The topological polar surface area (TPSA) is 43.0 Å². The first-order valence-corrected chi connectivity index (χ1v) is 7.71. The van der Waals surface area contributed by atoms with Crippen LogP contribution in [0.1, 0.15) is 42.7 Å². The van der Waals surface area contributed by atoms with Crippen molar-refractivity contribution in [3.05, 3.63) is 34.5 Å². The molecule has 0 saturated heterocycles. The van der Waals surface area contributed by atoms with E-state index in [1.165, 1.54) is 33.3 Å². The SMILES string of the molecule is CCn1c(C)c(CCC(C)N)c2cc3c(cc21)CNC3. The Morgan fingerprint density at radius 2 is 2.00 bits per heavy atom. The van der Waals surface area contributed by atoms with Crippen LogP contribution in [0.2, 0.25) is 0 Å². The molecule has 0 aliphatic carbocycles. The average molecular weight is 271 g/mol. The maximum Gasteiger partial charge on any atom is 0.0488 e. The van der Waals surface area contributed by atoms with Gasteiger partial charge in [-0.2, -0.15) is 0 Å². The molecule has 0 amide bonds. The fourth-order valence-corrected chi connectivity index (χ4v) is 3.44. The number of hydrogen-bond acceptors (Lipinski definition) is 2. The van der Waals surface area contributed by atoms with Gasteiger partial charge in [-0.1, -0.05) is 0 Å². The summed E-state index contributed by atoms with van der Waals surface area (Å²) in [6, 6.07) is 5.06. The molecule has 108 valence electrons. The van der Waals surface area contributed by atoms with E-state index in [9.17, 15) is 0 Å². The Labute approximate surface area is 121 Å². The first-order valence-electron chi connectivity index (χ1n) is 7.71. The number of nitrogens with two attached hydrogens (primary N) is 1. The number of rotatable bonds is 4. The standard InChI is InChI=1S/C17H25N3/c1-4-20-12(3)15(6-5-11(2)18)16-7-13-9-19-10-14(13)8-17(16)20/h7-8,11,19H,4-6,9-10,18H2,1-3H3. The third kappa shape index (κ3) is 2.15. The summed E-state index contributed by atoms with van der Waals surface area (Å²) < 4.78 is 2.45. The highest BCUT2D eigenvalue weighted by Crippen LogP contribution is 2.31. The average Bonchev–Trinajstić information content (AvgIpc) is 2.95. The van der Waals surface area contributed by atoms with Crippen molar-refractivity contribution in [2.75, 3.05) is 0 Å². The Hall–Kier alpha value is -1.32. The minimum absolute atomic E-state index is 0.269. The van der Waals surface area contributed by atoms with Crippen LogP contribution in [0, 0.1) is 6.92 Å². The number of aryl methyl sites for hydroxylation is 2. The van der Waals surface area contributed by atoms with Gasteiger partial charge in [-0.25, -0.2) is 0 Å². The van der Waals surface area contributed by atoms with Crippen LogP contribution in [0.25, 0.3) is 10.9 Å². The molecule has 3 N–H and O–H groups in total. The van der Waals surface area contributed by atoms with E-state index in [0.717, 1.165) is 32.5 Å². The van der Waals surface area contributed by atoms with E-state index < -0.39 is 0 Å². The van der Waals surface area contributed by atoms with Gasteiger partial charge in [-0.05, 0) is 62.4 Å². The minimum Gasteiger partial charge on any atom is -0.345 e. The Morgan fingerprint density at radius 3 is 2.65 bits per heavy atom. The third-order valence-electron chi connectivity index (χ3n) is 4.57. The lowest BCUT2D eigenvalue weighted by Gasteiger charge is -2.06. The molecule has 0 saturated carbocycles. The molecule has 0 bridgehead atoms. The second-order valence-electron chi connectivity index (χ2n) is 6.07. The van der Waals surface area contributed by atoms with Gasteiger partial charge in [0.25, 0.3) is 0 Å². The molecule has 0 fully saturated rings. The van der Waals surface area contributed by atoms with Crippen molar-refractivity contribution in [3.8, 4) is 0 Å². The lowest BCUT2D eigenvalue weighted by Crippen LogP contribution is -2.15. The van der Waals surface area contributed by atoms with Gasteiger partial charge in [0.15, 0.2) is 0 Å². The molecule has 20 heavy (non-hydrogen) atoms. The van der Waals surface area contributed by atoms with Crippen molar-refractivity contribution >= 4 is 10.9 Å². The van der Waals surface area contributed by atoms with E-state index >= 15 is 0 Å². The van der Waals surface area contributed by atoms with Crippen molar-refractivity contribution in [3.63, 3.8) is 0 Å². The number of hydrogen-bond donors (Lipinski definition) is 2. The van der Waals surface area contributed by atoms with Crippen molar-refractivity contribution in [2.24, 2.45) is 5.73 Å². The number of aromatic nitrogens is 1. The maximum atomic E-state index is 5.95. The second-order valence-corrected chi connectivity index (χ2v) is 6.07. The van der Waals surface area contributed by atoms with Crippen molar-refractivity contribution in [1.29, 1.82) is 0 Å². The molecular weight excluding hydrogens is 246 g/mol. The third-order valence-corrected chi connectivity index (χ3v) is 4.57. The van der Waals surface area contributed by atoms with E-state index in [-0.39, 0.29) is 6.04 Å². The number of nitrogens with zero attached hydrogens (tertiary/aromatic N) is 1. The molecule has 1 unspecified atom stereocenters. The van der Waals surface area contributed by atoms with Crippen molar-refractivity contribution in [1.82, 2.24) is 9.88 Å². The molecule has 0 radical (unpaired) electrons. The van der Waals surface area contributed by atoms with Crippen LogP contribution >= 0.6 is 0 Å². The molecule has 1 atom stereocenters. The van der Waals surface area contributed by atoms with E-state index in [2.05, 4.69) is 42.8 Å². The van der Waals surface area contributed by atoms with Gasteiger partial charge in [-0.3, -0.25) is 0 Å². The molecule has 3 rings (SSSR count). The van der Waals surface area contributed by atoms with Crippen molar-refractivity contribution in [2.45, 2.75) is 59.3 Å². The Morgan fingerprint density at radius 1 is 1.30 bits per heavy atom. The Bertz CT molecular complexity index is 637. The van der Waals surface area contributed by atoms with Crippen LogP contribution in [0.5, 0.6) is 0 Å². The van der Waals surface area contributed by atoms with Gasteiger partial charge in [0.05, 0.1) is 0 Å². The highest BCUT2D eigenvalue weighted by atomic mass is 15.0. The number of nitrogens with one attached hydrogen (secondary N) is 1. The molecule has 1 aliphatic rings. The lowest BCUT2D eigenvalue weighted by atomic mass is 10.0. The highest BCUT2D eigenvalue weighted by Gasteiger charge is 2.18. The molecule has 3 heteroatoms. The molecule has 0 spiro atoms. The van der Waals surface area contributed by atoms with E-state index in [1.807, 2.05) is 0 Å². The van der Waals surface area contributed by atoms with Crippen LogP contribution in [0.3, 0.4) is 0 Å². The first-order chi connectivity index (χ1) is 9.61. The molecule has 2 aromatic rings. The summed E-state index contributed by atoms with van der Waals surface area (Å²) in [4.78, 5) is 0. The fourth-order valence-electron chi connectivity index (χ4n) is 3.44. The highest BCUT2D eigenvalue weighted by molar-refractivity contribution is 5.87. The van der Waals surface area contributed by atoms with Crippen molar-refractivity contribution < 1.29 is 0 Å². The molecule has 2 heterocycles. The summed E-state index contributed by atoms with van der Waals surface area (Å²) in [5.74, 6) is 0. The zero-order valence-corrected chi connectivity index (χ0v) is 12.8. The summed E-state index contributed by atoms with van der Waals surface area (Å²) in [5, 5.41) is 4.88. The zero-order chi connectivity index (χ0) is 14.3.